The lowest BCUT2D eigenvalue weighted by molar-refractivity contribution is -0.125. The first-order valence-corrected chi connectivity index (χ1v) is 6.02. The van der Waals surface area contributed by atoms with Crippen LogP contribution in [0.4, 0.5) is 0 Å². The maximum Gasteiger partial charge on any atom is 0.227 e. The number of rotatable bonds is 6. The van der Waals surface area contributed by atoms with Crippen molar-refractivity contribution in [2.24, 2.45) is 11.7 Å². The molecule has 5 heteroatoms. The summed E-state index contributed by atoms with van der Waals surface area (Å²) in [6.07, 6.45) is 0. The molecule has 2 atom stereocenters. The number of hydrogen-bond acceptors (Lipinski definition) is 4. The summed E-state index contributed by atoms with van der Waals surface area (Å²) >= 11 is 0. The minimum atomic E-state index is -0.170. The van der Waals surface area contributed by atoms with Crippen molar-refractivity contribution >= 4 is 5.91 Å². The zero-order valence-corrected chi connectivity index (χ0v) is 10.2. The van der Waals surface area contributed by atoms with Crippen LogP contribution in [0.5, 0.6) is 0 Å². The molecule has 1 amide bonds. The van der Waals surface area contributed by atoms with E-state index in [9.17, 15) is 4.79 Å². The fraction of sp³-hybridized carbons (Fsp3) is 0.909. The molecule has 0 aromatic rings. The number of carbonyl (C=O) groups is 1. The average molecular weight is 229 g/mol. The maximum absolute atomic E-state index is 11.7. The molecule has 0 saturated carbocycles. The fourth-order valence-electron chi connectivity index (χ4n) is 1.85. The van der Waals surface area contributed by atoms with Gasteiger partial charge in [-0.1, -0.05) is 13.8 Å². The van der Waals surface area contributed by atoms with Gasteiger partial charge in [0.2, 0.25) is 5.91 Å². The quantitative estimate of drug-likeness (QED) is 0.639. The van der Waals surface area contributed by atoms with Crippen LogP contribution in [0.1, 0.15) is 13.8 Å². The van der Waals surface area contributed by atoms with Gasteiger partial charge < -0.3 is 20.7 Å². The lowest BCUT2D eigenvalue weighted by atomic mass is 10.0. The summed E-state index contributed by atoms with van der Waals surface area (Å²) in [4.78, 5) is 14.0. The lowest BCUT2D eigenvalue weighted by Gasteiger charge is -2.19. The smallest absolute Gasteiger partial charge is 0.227 e. The molecule has 16 heavy (non-hydrogen) atoms. The van der Waals surface area contributed by atoms with Crippen LogP contribution in [-0.2, 0) is 9.53 Å². The van der Waals surface area contributed by atoms with Gasteiger partial charge in [-0.25, -0.2) is 0 Å². The van der Waals surface area contributed by atoms with E-state index in [4.69, 9.17) is 10.5 Å². The Hall–Kier alpha value is -0.650. The number of nitrogens with zero attached hydrogens (tertiary/aromatic N) is 1. The third-order valence-electron chi connectivity index (χ3n) is 3.08. The summed E-state index contributed by atoms with van der Waals surface area (Å²) in [5, 5.41) is 2.91. The van der Waals surface area contributed by atoms with Gasteiger partial charge >= 0.3 is 0 Å². The van der Waals surface area contributed by atoms with Gasteiger partial charge in [0.25, 0.3) is 0 Å². The van der Waals surface area contributed by atoms with Gasteiger partial charge in [0, 0.05) is 19.1 Å². The first-order chi connectivity index (χ1) is 7.69. The van der Waals surface area contributed by atoms with E-state index < -0.39 is 0 Å². The van der Waals surface area contributed by atoms with Gasteiger partial charge in [-0.2, -0.15) is 0 Å². The molecule has 0 aromatic carbocycles. The highest BCUT2D eigenvalue weighted by molar-refractivity contribution is 5.79. The van der Waals surface area contributed by atoms with Gasteiger partial charge in [0.05, 0.1) is 19.1 Å². The van der Waals surface area contributed by atoms with Crippen LogP contribution in [-0.4, -0.2) is 56.2 Å². The molecule has 0 aliphatic carbocycles. The van der Waals surface area contributed by atoms with Crippen molar-refractivity contribution in [1.82, 2.24) is 10.2 Å². The van der Waals surface area contributed by atoms with Crippen LogP contribution in [0.3, 0.4) is 0 Å². The predicted molar refractivity (Wildman–Crippen MR) is 63.1 cm³/mol. The molecular formula is C11H23N3O2. The minimum absolute atomic E-state index is 0.0251. The Morgan fingerprint density at radius 1 is 1.44 bits per heavy atom. The van der Waals surface area contributed by atoms with Crippen molar-refractivity contribution in [2.75, 3.05) is 39.4 Å². The number of hydrogen-bond donors (Lipinski definition) is 2. The number of carbonyl (C=O) groups excluding carboxylic acids is 1. The average Bonchev–Trinajstić information content (AvgIpc) is 2.70. The molecule has 3 N–H and O–H groups in total. The Labute approximate surface area is 97.3 Å². The van der Waals surface area contributed by atoms with Crippen molar-refractivity contribution in [3.8, 4) is 0 Å². The summed E-state index contributed by atoms with van der Waals surface area (Å²) in [6.45, 7) is 8.78. The van der Waals surface area contributed by atoms with E-state index >= 15 is 0 Å². The summed E-state index contributed by atoms with van der Waals surface area (Å²) in [5.41, 5.74) is 5.77. The molecule has 1 rings (SSSR count). The molecular weight excluding hydrogens is 206 g/mol. The topological polar surface area (TPSA) is 67.6 Å². The SMILES string of the molecule is CCN(CC)CCNC(=O)C1COCC1N. The molecule has 1 saturated heterocycles. The second kappa shape index (κ2) is 6.83. The van der Waals surface area contributed by atoms with Crippen LogP contribution >= 0.6 is 0 Å². The van der Waals surface area contributed by atoms with Gasteiger partial charge in [0.15, 0.2) is 0 Å². The van der Waals surface area contributed by atoms with E-state index in [0.717, 1.165) is 19.6 Å². The number of ether oxygens (including phenoxy) is 1. The summed E-state index contributed by atoms with van der Waals surface area (Å²) in [5.74, 6) is -0.145. The van der Waals surface area contributed by atoms with Crippen molar-refractivity contribution in [1.29, 1.82) is 0 Å². The Morgan fingerprint density at radius 2 is 2.12 bits per heavy atom. The van der Waals surface area contributed by atoms with E-state index in [1.54, 1.807) is 0 Å². The molecule has 0 aromatic heterocycles. The standard InChI is InChI=1S/C11H23N3O2/c1-3-14(4-2)6-5-13-11(15)9-7-16-8-10(9)12/h9-10H,3-8,12H2,1-2H3,(H,13,15). The Morgan fingerprint density at radius 3 is 2.62 bits per heavy atom. The number of amides is 1. The predicted octanol–water partition coefficient (Wildman–Crippen LogP) is -0.582. The zero-order valence-electron chi connectivity index (χ0n) is 10.2. The highest BCUT2D eigenvalue weighted by Gasteiger charge is 2.30. The first kappa shape index (κ1) is 13.4. The number of nitrogens with two attached hydrogens (primary N) is 1. The van der Waals surface area contributed by atoms with Crippen LogP contribution in [0.25, 0.3) is 0 Å². The Kier molecular flexibility index (Phi) is 5.73. The van der Waals surface area contributed by atoms with Gasteiger partial charge in [-0.05, 0) is 13.1 Å². The summed E-state index contributed by atoms with van der Waals surface area (Å²) in [6, 6.07) is -0.145. The van der Waals surface area contributed by atoms with Gasteiger partial charge in [-0.3, -0.25) is 4.79 Å². The number of likely N-dealkylation sites (N-methyl/N-ethyl adjacent to an activating group) is 1. The molecule has 1 fully saturated rings. The van der Waals surface area contributed by atoms with E-state index in [-0.39, 0.29) is 17.9 Å². The van der Waals surface area contributed by atoms with Gasteiger partial charge in [0.1, 0.15) is 0 Å². The fourth-order valence-corrected chi connectivity index (χ4v) is 1.85. The van der Waals surface area contributed by atoms with E-state index in [1.165, 1.54) is 0 Å². The second-order valence-corrected chi connectivity index (χ2v) is 4.13. The van der Waals surface area contributed by atoms with Crippen molar-refractivity contribution in [2.45, 2.75) is 19.9 Å². The highest BCUT2D eigenvalue weighted by Crippen LogP contribution is 2.11. The third kappa shape index (κ3) is 3.73. The van der Waals surface area contributed by atoms with Crippen molar-refractivity contribution in [3.05, 3.63) is 0 Å². The lowest BCUT2D eigenvalue weighted by Crippen LogP contribution is -2.43. The molecule has 94 valence electrons. The summed E-state index contributed by atoms with van der Waals surface area (Å²) in [7, 11) is 0. The van der Waals surface area contributed by atoms with Crippen LogP contribution in [0.2, 0.25) is 0 Å². The second-order valence-electron chi connectivity index (χ2n) is 4.13. The van der Waals surface area contributed by atoms with Crippen LogP contribution < -0.4 is 11.1 Å². The van der Waals surface area contributed by atoms with Crippen LogP contribution in [0, 0.1) is 5.92 Å². The Balaban J connectivity index is 2.19. The van der Waals surface area contributed by atoms with E-state index in [1.807, 2.05) is 0 Å². The first-order valence-electron chi connectivity index (χ1n) is 6.02. The zero-order chi connectivity index (χ0) is 12.0. The van der Waals surface area contributed by atoms with E-state index in [2.05, 4.69) is 24.1 Å². The molecule has 1 heterocycles. The highest BCUT2D eigenvalue weighted by atomic mass is 16.5. The molecule has 0 radical (unpaired) electrons. The van der Waals surface area contributed by atoms with Crippen molar-refractivity contribution in [3.63, 3.8) is 0 Å². The molecule has 5 nitrogen and oxygen atoms in total. The molecule has 1 aliphatic heterocycles. The molecule has 1 aliphatic rings. The Bertz CT molecular complexity index is 219. The monoisotopic (exact) mass is 229 g/mol. The molecule has 0 spiro atoms. The maximum atomic E-state index is 11.7. The third-order valence-corrected chi connectivity index (χ3v) is 3.08. The van der Waals surface area contributed by atoms with Crippen molar-refractivity contribution < 1.29 is 9.53 Å². The largest absolute Gasteiger partial charge is 0.379 e. The minimum Gasteiger partial charge on any atom is -0.379 e. The summed E-state index contributed by atoms with van der Waals surface area (Å²) < 4.78 is 5.16. The molecule has 2 unspecified atom stereocenters. The number of nitrogens with one attached hydrogen (secondary N) is 1. The van der Waals surface area contributed by atoms with E-state index in [0.29, 0.717) is 19.8 Å². The van der Waals surface area contributed by atoms with Crippen LogP contribution in [0.15, 0.2) is 0 Å². The van der Waals surface area contributed by atoms with Gasteiger partial charge in [-0.15, -0.1) is 0 Å². The normalized spacial score (nSPS) is 25.0. The molecule has 0 bridgehead atoms.